The van der Waals surface area contributed by atoms with Gasteiger partial charge in [-0.25, -0.2) is 0 Å². The second-order valence-electron chi connectivity index (χ2n) is 4.35. The largest absolute Gasteiger partial charge is 0.396 e. The van der Waals surface area contributed by atoms with Crippen LogP contribution in [0, 0.1) is 12.3 Å². The van der Waals surface area contributed by atoms with Crippen molar-refractivity contribution in [2.45, 2.75) is 33.7 Å². The third-order valence-electron chi connectivity index (χ3n) is 2.77. The van der Waals surface area contributed by atoms with Crippen LogP contribution in [0.4, 0.5) is 0 Å². The highest BCUT2D eigenvalue weighted by Crippen LogP contribution is 2.18. The summed E-state index contributed by atoms with van der Waals surface area (Å²) in [6.07, 6.45) is 0.953. The van der Waals surface area contributed by atoms with Crippen molar-refractivity contribution in [3.8, 4) is 0 Å². The number of aliphatic hydroxyl groups is 1. The number of nitrogens with one attached hydrogen (secondary N) is 1. The Morgan fingerprint density at radius 2 is 2.33 bits per heavy atom. The van der Waals surface area contributed by atoms with Gasteiger partial charge in [0, 0.05) is 31.2 Å². The fourth-order valence-electron chi connectivity index (χ4n) is 1.29. The highest BCUT2D eigenvalue weighted by molar-refractivity contribution is 5.02. The summed E-state index contributed by atoms with van der Waals surface area (Å²) in [6, 6.07) is 1.91. The Hall–Kier alpha value is -0.870. The summed E-state index contributed by atoms with van der Waals surface area (Å²) in [5.74, 6) is 0.826. The monoisotopic (exact) mass is 212 g/mol. The van der Waals surface area contributed by atoms with Gasteiger partial charge >= 0.3 is 0 Å². The maximum Gasteiger partial charge on any atom is 0.133 e. The van der Waals surface area contributed by atoms with Crippen molar-refractivity contribution >= 4 is 0 Å². The van der Waals surface area contributed by atoms with Crippen LogP contribution in [0.3, 0.4) is 0 Å². The van der Waals surface area contributed by atoms with E-state index >= 15 is 0 Å². The Balaban J connectivity index is 2.32. The van der Waals surface area contributed by atoms with Crippen LogP contribution in [0.5, 0.6) is 0 Å². The van der Waals surface area contributed by atoms with Gasteiger partial charge in [0.2, 0.25) is 0 Å². The lowest BCUT2D eigenvalue weighted by molar-refractivity contribution is 0.135. The second kappa shape index (κ2) is 5.28. The molecule has 0 aromatic carbocycles. The average Bonchev–Trinajstić information content (AvgIpc) is 2.64. The normalized spacial score (nSPS) is 15.2. The minimum atomic E-state index is -0.0429. The summed E-state index contributed by atoms with van der Waals surface area (Å²) in [7, 11) is 0. The van der Waals surface area contributed by atoms with Crippen molar-refractivity contribution in [3.63, 3.8) is 0 Å². The van der Waals surface area contributed by atoms with E-state index in [-0.39, 0.29) is 12.0 Å². The van der Waals surface area contributed by atoms with Crippen LogP contribution in [-0.4, -0.2) is 23.4 Å². The van der Waals surface area contributed by atoms with Crippen LogP contribution in [0.25, 0.3) is 0 Å². The zero-order chi connectivity index (χ0) is 11.3. The standard InChI is InChI=1S/C11H20N2O2/c1-4-11(3,8-14)7-12-6-10-5-9(2)15-13-10/h5,12,14H,4,6-8H2,1-3H3. The van der Waals surface area contributed by atoms with E-state index in [0.717, 1.165) is 24.4 Å². The predicted molar refractivity (Wildman–Crippen MR) is 58.4 cm³/mol. The summed E-state index contributed by atoms with van der Waals surface area (Å²) < 4.78 is 4.96. The molecule has 1 rings (SSSR count). The van der Waals surface area contributed by atoms with Gasteiger partial charge in [0.1, 0.15) is 5.76 Å². The minimum absolute atomic E-state index is 0.0429. The van der Waals surface area contributed by atoms with E-state index in [1.165, 1.54) is 0 Å². The Kier molecular flexibility index (Phi) is 4.29. The molecule has 86 valence electrons. The molecule has 15 heavy (non-hydrogen) atoms. The number of aromatic nitrogens is 1. The maximum absolute atomic E-state index is 9.21. The molecule has 1 aromatic heterocycles. The molecule has 1 heterocycles. The van der Waals surface area contributed by atoms with Gasteiger partial charge in [0.25, 0.3) is 0 Å². The first kappa shape index (κ1) is 12.2. The zero-order valence-electron chi connectivity index (χ0n) is 9.71. The minimum Gasteiger partial charge on any atom is -0.396 e. The van der Waals surface area contributed by atoms with Gasteiger partial charge in [-0.15, -0.1) is 0 Å². The molecule has 1 aromatic rings. The lowest BCUT2D eigenvalue weighted by Crippen LogP contribution is -2.34. The van der Waals surface area contributed by atoms with Crippen LogP contribution in [0.1, 0.15) is 31.7 Å². The van der Waals surface area contributed by atoms with E-state index in [1.807, 2.05) is 13.0 Å². The zero-order valence-corrected chi connectivity index (χ0v) is 9.71. The van der Waals surface area contributed by atoms with Gasteiger partial charge in [0.05, 0.1) is 5.69 Å². The molecular formula is C11H20N2O2. The molecule has 4 heteroatoms. The molecule has 0 aliphatic carbocycles. The summed E-state index contributed by atoms with van der Waals surface area (Å²) in [5, 5.41) is 16.4. The van der Waals surface area contributed by atoms with E-state index in [1.54, 1.807) is 0 Å². The van der Waals surface area contributed by atoms with Gasteiger partial charge in [0.15, 0.2) is 0 Å². The molecule has 1 unspecified atom stereocenters. The number of hydrogen-bond acceptors (Lipinski definition) is 4. The number of aliphatic hydroxyl groups excluding tert-OH is 1. The lowest BCUT2D eigenvalue weighted by atomic mass is 9.89. The van der Waals surface area contributed by atoms with Gasteiger partial charge in [-0.3, -0.25) is 0 Å². The molecule has 1 atom stereocenters. The highest BCUT2D eigenvalue weighted by atomic mass is 16.5. The summed E-state index contributed by atoms with van der Waals surface area (Å²) in [5.41, 5.74) is 0.864. The van der Waals surface area contributed by atoms with Crippen LogP contribution >= 0.6 is 0 Å². The average molecular weight is 212 g/mol. The fourth-order valence-corrected chi connectivity index (χ4v) is 1.29. The molecule has 0 radical (unpaired) electrons. The Morgan fingerprint density at radius 1 is 1.60 bits per heavy atom. The quantitative estimate of drug-likeness (QED) is 0.750. The molecular weight excluding hydrogens is 192 g/mol. The fraction of sp³-hybridized carbons (Fsp3) is 0.727. The lowest BCUT2D eigenvalue weighted by Gasteiger charge is -2.25. The molecule has 2 N–H and O–H groups in total. The molecule has 4 nitrogen and oxygen atoms in total. The van der Waals surface area contributed by atoms with Gasteiger partial charge in [-0.1, -0.05) is 19.0 Å². The molecule has 0 bridgehead atoms. The molecule has 0 saturated carbocycles. The maximum atomic E-state index is 9.21. The van der Waals surface area contributed by atoms with Gasteiger partial charge in [-0.05, 0) is 13.3 Å². The first-order chi connectivity index (χ1) is 7.09. The van der Waals surface area contributed by atoms with Crippen molar-refractivity contribution in [2.24, 2.45) is 5.41 Å². The topological polar surface area (TPSA) is 58.3 Å². The Labute approximate surface area is 90.7 Å². The first-order valence-corrected chi connectivity index (χ1v) is 5.33. The SMILES string of the molecule is CCC(C)(CO)CNCc1cc(C)on1. The third kappa shape index (κ3) is 3.64. The van der Waals surface area contributed by atoms with Crippen LogP contribution < -0.4 is 5.32 Å². The predicted octanol–water partition coefficient (Wildman–Crippen LogP) is 1.48. The molecule has 0 fully saturated rings. The smallest absolute Gasteiger partial charge is 0.133 e. The van der Waals surface area contributed by atoms with Crippen molar-refractivity contribution in [1.82, 2.24) is 10.5 Å². The summed E-state index contributed by atoms with van der Waals surface area (Å²) >= 11 is 0. The third-order valence-corrected chi connectivity index (χ3v) is 2.77. The Morgan fingerprint density at radius 3 is 2.80 bits per heavy atom. The van der Waals surface area contributed by atoms with E-state index < -0.39 is 0 Å². The van der Waals surface area contributed by atoms with Crippen molar-refractivity contribution in [3.05, 3.63) is 17.5 Å². The van der Waals surface area contributed by atoms with Crippen LogP contribution in [-0.2, 0) is 6.54 Å². The van der Waals surface area contributed by atoms with Crippen LogP contribution in [0.15, 0.2) is 10.6 Å². The van der Waals surface area contributed by atoms with E-state index in [4.69, 9.17) is 4.52 Å². The van der Waals surface area contributed by atoms with Gasteiger partial charge < -0.3 is 14.9 Å². The second-order valence-corrected chi connectivity index (χ2v) is 4.35. The number of nitrogens with zero attached hydrogens (tertiary/aromatic N) is 1. The molecule has 0 spiro atoms. The van der Waals surface area contributed by atoms with Crippen LogP contribution in [0.2, 0.25) is 0 Å². The van der Waals surface area contributed by atoms with Crippen molar-refractivity contribution < 1.29 is 9.63 Å². The number of rotatable bonds is 6. The molecule has 0 amide bonds. The van der Waals surface area contributed by atoms with Crippen molar-refractivity contribution in [2.75, 3.05) is 13.2 Å². The van der Waals surface area contributed by atoms with E-state index in [9.17, 15) is 5.11 Å². The number of hydrogen-bond donors (Lipinski definition) is 2. The number of aryl methyl sites for hydroxylation is 1. The van der Waals surface area contributed by atoms with E-state index in [0.29, 0.717) is 6.54 Å². The molecule has 0 saturated heterocycles. The summed E-state index contributed by atoms with van der Waals surface area (Å²) in [6.45, 7) is 7.69. The van der Waals surface area contributed by atoms with Crippen molar-refractivity contribution in [1.29, 1.82) is 0 Å². The molecule has 0 aliphatic rings. The molecule has 0 aliphatic heterocycles. The highest BCUT2D eigenvalue weighted by Gasteiger charge is 2.20. The van der Waals surface area contributed by atoms with Gasteiger partial charge in [-0.2, -0.15) is 0 Å². The Bertz CT molecular complexity index is 293. The first-order valence-electron chi connectivity index (χ1n) is 5.33. The van der Waals surface area contributed by atoms with E-state index in [2.05, 4.69) is 24.3 Å². The summed E-state index contributed by atoms with van der Waals surface area (Å²) in [4.78, 5) is 0.